The average Bonchev–Trinajstić information content (AvgIpc) is 2.45. The first-order valence-corrected chi connectivity index (χ1v) is 8.08. The van der Waals surface area contributed by atoms with E-state index >= 15 is 0 Å². The summed E-state index contributed by atoms with van der Waals surface area (Å²) >= 11 is 0. The number of rotatable bonds is 7. The molecule has 1 rings (SSSR count). The van der Waals surface area contributed by atoms with Crippen LogP contribution in [-0.4, -0.2) is 28.6 Å². The number of methoxy groups -OCH3 is 1. The van der Waals surface area contributed by atoms with Crippen LogP contribution in [0.15, 0.2) is 24.3 Å². The number of esters is 1. The van der Waals surface area contributed by atoms with Crippen LogP contribution in [0, 0.1) is 0 Å². The van der Waals surface area contributed by atoms with Gasteiger partial charge in [0, 0.05) is 0 Å². The Labute approximate surface area is 136 Å². The second-order valence-corrected chi connectivity index (χ2v) is 7.78. The number of carbonyl (C=O) groups excluding carboxylic acids is 1. The topological polar surface area (TPSA) is 64.6 Å². The summed E-state index contributed by atoms with van der Waals surface area (Å²) in [5.41, 5.74) is 0.620. The maximum atomic E-state index is 12.3. The Balaban J connectivity index is 2.94. The van der Waals surface area contributed by atoms with Crippen molar-refractivity contribution >= 4 is 17.0 Å². The highest BCUT2D eigenvalue weighted by molar-refractivity contribution is 7.84. The molecule has 0 saturated carbocycles. The van der Waals surface area contributed by atoms with E-state index in [1.54, 1.807) is 20.8 Å². The lowest BCUT2D eigenvalue weighted by molar-refractivity contribution is -0.141. The number of halogens is 2. The molecule has 0 amide bonds. The van der Waals surface area contributed by atoms with Gasteiger partial charge < -0.3 is 9.47 Å². The predicted molar refractivity (Wildman–Crippen MR) is 83.5 cm³/mol. The highest BCUT2D eigenvalue weighted by Gasteiger charge is 2.25. The van der Waals surface area contributed by atoms with Crippen LogP contribution >= 0.6 is 0 Å². The summed E-state index contributed by atoms with van der Waals surface area (Å²) in [6.45, 7) is 2.49. The minimum Gasteiger partial charge on any atom is -0.469 e. The Morgan fingerprint density at radius 1 is 1.26 bits per heavy atom. The Morgan fingerprint density at radius 3 is 2.26 bits per heavy atom. The van der Waals surface area contributed by atoms with E-state index in [2.05, 4.69) is 14.2 Å². The van der Waals surface area contributed by atoms with Crippen LogP contribution in [0.1, 0.15) is 38.8 Å². The molecule has 23 heavy (non-hydrogen) atoms. The summed E-state index contributed by atoms with van der Waals surface area (Å²) in [7, 11) is -0.146. The van der Waals surface area contributed by atoms with Gasteiger partial charge in [0.1, 0.15) is 5.75 Å². The van der Waals surface area contributed by atoms with Crippen LogP contribution in [0.4, 0.5) is 8.78 Å². The molecule has 1 N–H and O–H groups in total. The van der Waals surface area contributed by atoms with Crippen molar-refractivity contribution in [2.24, 2.45) is 0 Å². The summed E-state index contributed by atoms with van der Waals surface area (Å²) in [5, 5.41) is 0. The average molecular weight is 349 g/mol. The first-order chi connectivity index (χ1) is 10.6. The maximum Gasteiger partial charge on any atom is 0.387 e. The molecule has 0 aliphatic heterocycles. The number of carbonyl (C=O) groups is 1. The van der Waals surface area contributed by atoms with E-state index in [0.717, 1.165) is 0 Å². The number of nitrogens with one attached hydrogen (secondary N) is 1. The molecule has 130 valence electrons. The zero-order valence-electron chi connectivity index (χ0n) is 13.5. The van der Waals surface area contributed by atoms with E-state index in [4.69, 9.17) is 0 Å². The molecule has 1 aromatic carbocycles. The smallest absolute Gasteiger partial charge is 0.387 e. The molecule has 2 atom stereocenters. The van der Waals surface area contributed by atoms with E-state index in [0.29, 0.717) is 5.56 Å². The van der Waals surface area contributed by atoms with Crippen molar-refractivity contribution in [3.63, 3.8) is 0 Å². The molecular formula is C15H21F2NO4S. The van der Waals surface area contributed by atoms with Gasteiger partial charge >= 0.3 is 12.6 Å². The van der Waals surface area contributed by atoms with Crippen molar-refractivity contribution in [3.05, 3.63) is 29.8 Å². The first-order valence-electron chi connectivity index (χ1n) is 6.93. The van der Waals surface area contributed by atoms with Crippen molar-refractivity contribution in [3.8, 4) is 5.75 Å². The molecule has 0 bridgehead atoms. The first kappa shape index (κ1) is 19.5. The molecule has 1 aromatic rings. The fourth-order valence-electron chi connectivity index (χ4n) is 1.67. The van der Waals surface area contributed by atoms with Crippen molar-refractivity contribution < 1.29 is 27.3 Å². The molecule has 5 nitrogen and oxygen atoms in total. The van der Waals surface area contributed by atoms with Crippen LogP contribution in [-0.2, 0) is 20.5 Å². The standard InChI is InChI=1S/C15H21F2NO4S/c1-15(2,3)23(20)18-12(9-13(19)21-4)10-5-7-11(8-6-10)22-14(16)17/h5-8,12,14,18H,9H2,1-4H3/t12-,23?/m0/s1. The molecule has 0 spiro atoms. The number of hydrogen-bond acceptors (Lipinski definition) is 4. The summed E-state index contributed by atoms with van der Waals surface area (Å²) in [6.07, 6.45) is -0.0344. The van der Waals surface area contributed by atoms with Gasteiger partial charge in [-0.3, -0.25) is 4.79 Å². The Hall–Kier alpha value is -1.54. The lowest BCUT2D eigenvalue weighted by Gasteiger charge is -2.24. The van der Waals surface area contributed by atoms with E-state index in [1.807, 2.05) is 0 Å². The molecule has 0 fully saturated rings. The van der Waals surface area contributed by atoms with Crippen LogP contribution in [0.3, 0.4) is 0 Å². The van der Waals surface area contributed by atoms with Crippen molar-refractivity contribution in [1.82, 2.24) is 4.72 Å². The van der Waals surface area contributed by atoms with Crippen LogP contribution in [0.25, 0.3) is 0 Å². The number of benzene rings is 1. The van der Waals surface area contributed by atoms with E-state index in [1.165, 1.54) is 31.4 Å². The second-order valence-electron chi connectivity index (χ2n) is 5.78. The van der Waals surface area contributed by atoms with Gasteiger partial charge in [-0.25, -0.2) is 8.93 Å². The van der Waals surface area contributed by atoms with Gasteiger partial charge in [-0.15, -0.1) is 0 Å². The molecule has 0 heterocycles. The molecule has 0 aliphatic carbocycles. The van der Waals surface area contributed by atoms with Gasteiger partial charge in [0.2, 0.25) is 0 Å². The van der Waals surface area contributed by atoms with Gasteiger partial charge in [-0.05, 0) is 38.5 Å². The number of alkyl halides is 2. The molecule has 0 radical (unpaired) electrons. The third-order valence-electron chi connectivity index (χ3n) is 2.91. The third-order valence-corrected chi connectivity index (χ3v) is 4.52. The SMILES string of the molecule is COC(=O)C[C@H](NS(=O)C(C)(C)C)c1ccc(OC(F)F)cc1. The third kappa shape index (κ3) is 6.62. The lowest BCUT2D eigenvalue weighted by atomic mass is 10.0. The Morgan fingerprint density at radius 2 is 1.83 bits per heavy atom. The molecule has 0 saturated heterocycles. The fraction of sp³-hybridized carbons (Fsp3) is 0.533. The predicted octanol–water partition coefficient (Wildman–Crippen LogP) is 2.94. The van der Waals surface area contributed by atoms with Crippen molar-refractivity contribution in [2.45, 2.75) is 44.6 Å². The molecule has 0 aliphatic rings. The molecule has 0 aromatic heterocycles. The zero-order valence-corrected chi connectivity index (χ0v) is 14.3. The van der Waals surface area contributed by atoms with Gasteiger partial charge in [0.05, 0.1) is 35.3 Å². The Kier molecular flexibility index (Phi) is 7.08. The number of hydrogen-bond donors (Lipinski definition) is 1. The summed E-state index contributed by atoms with van der Waals surface area (Å²) < 4.78 is 47.9. The van der Waals surface area contributed by atoms with E-state index < -0.39 is 34.4 Å². The summed E-state index contributed by atoms with van der Waals surface area (Å²) in [6, 6.07) is 5.25. The molecular weight excluding hydrogens is 328 g/mol. The van der Waals surface area contributed by atoms with Gasteiger partial charge in [0.25, 0.3) is 0 Å². The van der Waals surface area contributed by atoms with Crippen LogP contribution < -0.4 is 9.46 Å². The summed E-state index contributed by atoms with van der Waals surface area (Å²) in [4.78, 5) is 11.6. The monoisotopic (exact) mass is 349 g/mol. The minimum atomic E-state index is -2.90. The fourth-order valence-corrected chi connectivity index (χ4v) is 2.50. The van der Waals surface area contributed by atoms with Gasteiger partial charge in [-0.2, -0.15) is 8.78 Å². The van der Waals surface area contributed by atoms with Crippen molar-refractivity contribution in [2.75, 3.05) is 7.11 Å². The Bertz CT molecular complexity index is 543. The quantitative estimate of drug-likeness (QED) is 0.769. The highest BCUT2D eigenvalue weighted by atomic mass is 32.2. The van der Waals surface area contributed by atoms with E-state index in [-0.39, 0.29) is 12.2 Å². The molecule has 8 heteroatoms. The van der Waals surface area contributed by atoms with Crippen LogP contribution in [0.2, 0.25) is 0 Å². The maximum absolute atomic E-state index is 12.3. The van der Waals surface area contributed by atoms with E-state index in [9.17, 15) is 17.8 Å². The number of ether oxygens (including phenoxy) is 2. The highest BCUT2D eigenvalue weighted by Crippen LogP contribution is 2.24. The second kappa shape index (κ2) is 8.35. The van der Waals surface area contributed by atoms with Crippen LogP contribution in [0.5, 0.6) is 5.75 Å². The van der Waals surface area contributed by atoms with Crippen molar-refractivity contribution in [1.29, 1.82) is 0 Å². The summed E-state index contributed by atoms with van der Waals surface area (Å²) in [5.74, 6) is -0.459. The zero-order chi connectivity index (χ0) is 17.6. The largest absolute Gasteiger partial charge is 0.469 e. The minimum absolute atomic E-state index is 0.0116. The molecule has 1 unspecified atom stereocenters. The normalized spacial score (nSPS) is 14.4. The van der Waals surface area contributed by atoms with Gasteiger partial charge in [0.15, 0.2) is 0 Å². The van der Waals surface area contributed by atoms with Gasteiger partial charge in [-0.1, -0.05) is 12.1 Å². The lowest BCUT2D eigenvalue weighted by Crippen LogP contribution is -2.36.